The number of anilines is 1. The van der Waals surface area contributed by atoms with Crippen LogP contribution in [0.2, 0.25) is 0 Å². The summed E-state index contributed by atoms with van der Waals surface area (Å²) in [7, 11) is 0. The van der Waals surface area contributed by atoms with Crippen molar-refractivity contribution in [2.45, 2.75) is 39.7 Å². The molecule has 0 saturated carbocycles. The van der Waals surface area contributed by atoms with Crippen LogP contribution in [-0.4, -0.2) is 25.1 Å². The molecule has 5 rings (SSSR count). The Kier molecular flexibility index (Phi) is 6.49. The van der Waals surface area contributed by atoms with Gasteiger partial charge in [-0.1, -0.05) is 55.3 Å². The maximum Gasteiger partial charge on any atom is 0.351 e. The maximum atomic E-state index is 13.3. The molecule has 0 aliphatic rings. The highest BCUT2D eigenvalue weighted by Gasteiger charge is 2.19. The highest BCUT2D eigenvalue weighted by atomic mass is 16.5. The molecule has 1 amide bonds. The number of benzene rings is 3. The topological polar surface area (TPSA) is 90.5 Å². The number of carbonyl (C=O) groups is 1. The number of fused-ring (bicyclic) bond motifs is 3. The van der Waals surface area contributed by atoms with Gasteiger partial charge in [0.2, 0.25) is 11.6 Å². The van der Waals surface area contributed by atoms with E-state index in [1.54, 1.807) is 12.1 Å². The predicted octanol–water partition coefficient (Wildman–Crippen LogP) is 5.13. The summed E-state index contributed by atoms with van der Waals surface area (Å²) in [4.78, 5) is 30.7. The van der Waals surface area contributed by atoms with Crippen molar-refractivity contribution in [1.82, 2.24) is 19.2 Å². The molecule has 0 radical (unpaired) electrons. The molecule has 0 atom stereocenters. The van der Waals surface area contributed by atoms with Crippen LogP contribution in [0.25, 0.3) is 16.7 Å². The number of rotatable bonds is 8. The zero-order chi connectivity index (χ0) is 25.1. The quantitative estimate of drug-likeness (QED) is 0.332. The molecule has 0 aliphatic heterocycles. The summed E-state index contributed by atoms with van der Waals surface area (Å²) in [5.74, 6) is 0.420. The Balaban J connectivity index is 1.45. The van der Waals surface area contributed by atoms with Gasteiger partial charge in [0, 0.05) is 5.69 Å². The smallest absolute Gasteiger partial charge is 0.351 e. The molecule has 0 aliphatic carbocycles. The lowest BCUT2D eigenvalue weighted by molar-refractivity contribution is -0.117. The molecule has 0 fully saturated rings. The van der Waals surface area contributed by atoms with E-state index < -0.39 is 5.69 Å². The molecule has 182 valence electrons. The first-order valence-corrected chi connectivity index (χ1v) is 12.0. The number of para-hydroxylation sites is 2. The van der Waals surface area contributed by atoms with Crippen molar-refractivity contribution >= 4 is 28.3 Å². The van der Waals surface area contributed by atoms with Crippen LogP contribution in [0.3, 0.4) is 0 Å². The number of aryl methyl sites for hydroxylation is 2. The summed E-state index contributed by atoms with van der Waals surface area (Å²) in [6.45, 7) is 3.91. The fraction of sp³-hybridized carbons (Fsp3) is 0.214. The van der Waals surface area contributed by atoms with E-state index in [2.05, 4.69) is 22.3 Å². The Bertz CT molecular complexity index is 1580. The van der Waals surface area contributed by atoms with E-state index in [-0.39, 0.29) is 24.0 Å². The summed E-state index contributed by atoms with van der Waals surface area (Å²) in [5.41, 5.74) is 3.97. The lowest BCUT2D eigenvalue weighted by Crippen LogP contribution is -2.28. The third-order valence-electron chi connectivity index (χ3n) is 5.96. The third-order valence-corrected chi connectivity index (χ3v) is 5.96. The van der Waals surface area contributed by atoms with E-state index >= 15 is 0 Å². The van der Waals surface area contributed by atoms with Crippen molar-refractivity contribution in [2.75, 3.05) is 5.32 Å². The second kappa shape index (κ2) is 10.0. The number of hydrogen-bond acceptors (Lipinski definition) is 5. The summed E-state index contributed by atoms with van der Waals surface area (Å²) in [5, 5.41) is 7.27. The van der Waals surface area contributed by atoms with Gasteiger partial charge in [0.05, 0.1) is 11.0 Å². The molecular formula is C28H27N5O3. The third kappa shape index (κ3) is 4.84. The van der Waals surface area contributed by atoms with Crippen molar-refractivity contribution in [1.29, 1.82) is 0 Å². The zero-order valence-electron chi connectivity index (χ0n) is 20.3. The number of nitrogens with one attached hydrogen (secondary N) is 1. The van der Waals surface area contributed by atoms with Crippen molar-refractivity contribution in [2.24, 2.45) is 0 Å². The lowest BCUT2D eigenvalue weighted by Gasteiger charge is -2.07. The van der Waals surface area contributed by atoms with Crippen LogP contribution in [0.5, 0.6) is 11.6 Å². The zero-order valence-corrected chi connectivity index (χ0v) is 20.3. The molecule has 8 nitrogen and oxygen atoms in total. The van der Waals surface area contributed by atoms with E-state index in [1.165, 1.54) is 9.96 Å². The first-order chi connectivity index (χ1) is 17.5. The van der Waals surface area contributed by atoms with E-state index in [4.69, 9.17) is 4.74 Å². The fourth-order valence-electron chi connectivity index (χ4n) is 4.03. The van der Waals surface area contributed by atoms with Gasteiger partial charge in [0.1, 0.15) is 12.3 Å². The largest absolute Gasteiger partial charge is 0.436 e. The number of ether oxygens (including phenoxy) is 1. The summed E-state index contributed by atoms with van der Waals surface area (Å²) >= 11 is 0. The van der Waals surface area contributed by atoms with Gasteiger partial charge in [-0.3, -0.25) is 4.79 Å². The molecule has 3 aromatic carbocycles. The number of aromatic nitrogens is 4. The first kappa shape index (κ1) is 23.3. The molecule has 8 heteroatoms. The molecule has 0 unspecified atom stereocenters. The number of amides is 1. The molecule has 36 heavy (non-hydrogen) atoms. The molecule has 0 bridgehead atoms. The highest BCUT2D eigenvalue weighted by Crippen LogP contribution is 2.26. The van der Waals surface area contributed by atoms with Crippen LogP contribution in [-0.2, 0) is 17.8 Å². The van der Waals surface area contributed by atoms with Gasteiger partial charge in [-0.05, 0) is 61.7 Å². The van der Waals surface area contributed by atoms with Crippen LogP contribution in [0, 0.1) is 6.92 Å². The average Bonchev–Trinajstić information content (AvgIpc) is 3.21. The minimum atomic E-state index is -0.442. The van der Waals surface area contributed by atoms with Gasteiger partial charge in [-0.25, -0.2) is 18.9 Å². The molecule has 5 aromatic rings. The molecule has 2 aromatic heterocycles. The predicted molar refractivity (Wildman–Crippen MR) is 140 cm³/mol. The van der Waals surface area contributed by atoms with Gasteiger partial charge >= 0.3 is 5.69 Å². The monoisotopic (exact) mass is 481 g/mol. The molecular weight excluding hydrogens is 454 g/mol. The molecule has 2 heterocycles. The van der Waals surface area contributed by atoms with Gasteiger partial charge in [0.25, 0.3) is 5.88 Å². The Morgan fingerprint density at radius 3 is 2.50 bits per heavy atom. The van der Waals surface area contributed by atoms with Gasteiger partial charge < -0.3 is 10.1 Å². The summed E-state index contributed by atoms with van der Waals surface area (Å²) in [6.07, 6.45) is 3.27. The van der Waals surface area contributed by atoms with Crippen LogP contribution < -0.4 is 15.7 Å². The van der Waals surface area contributed by atoms with Crippen molar-refractivity contribution in [3.63, 3.8) is 0 Å². The minimum Gasteiger partial charge on any atom is -0.436 e. The Morgan fingerprint density at radius 2 is 1.75 bits per heavy atom. The number of hydrogen-bond donors (Lipinski definition) is 1. The van der Waals surface area contributed by atoms with Gasteiger partial charge in [-0.15, -0.1) is 5.10 Å². The van der Waals surface area contributed by atoms with E-state index in [9.17, 15) is 9.59 Å². The lowest BCUT2D eigenvalue weighted by atomic mass is 10.1. The van der Waals surface area contributed by atoms with Crippen LogP contribution >= 0.6 is 0 Å². The molecule has 0 spiro atoms. The number of carbonyl (C=O) groups excluding carboxylic acids is 1. The second-order valence-corrected chi connectivity index (χ2v) is 8.77. The van der Waals surface area contributed by atoms with Crippen molar-refractivity contribution < 1.29 is 9.53 Å². The second-order valence-electron chi connectivity index (χ2n) is 8.77. The van der Waals surface area contributed by atoms with Crippen LogP contribution in [0.15, 0.2) is 77.6 Å². The normalized spacial score (nSPS) is 11.2. The number of nitrogens with zero attached hydrogens (tertiary/aromatic N) is 4. The minimum absolute atomic E-state index is 0.191. The van der Waals surface area contributed by atoms with E-state index in [1.807, 2.05) is 67.6 Å². The maximum absolute atomic E-state index is 13.3. The Hall–Kier alpha value is -4.46. The van der Waals surface area contributed by atoms with Gasteiger partial charge in [-0.2, -0.15) is 0 Å². The fourth-order valence-corrected chi connectivity index (χ4v) is 4.03. The summed E-state index contributed by atoms with van der Waals surface area (Å²) in [6, 6.07) is 22.5. The van der Waals surface area contributed by atoms with Crippen LogP contribution in [0.4, 0.5) is 5.69 Å². The van der Waals surface area contributed by atoms with Crippen molar-refractivity contribution in [3.05, 3.63) is 94.4 Å². The average molecular weight is 482 g/mol. The standard InChI is InChI=1S/C28H27N5O3/c1-3-4-7-20-12-14-21(15-13-20)29-25(34)18-32-28(35)33-24-9-6-5-8-23(24)30-27(26(33)31-32)36-22-16-10-19(2)11-17-22/h5-6,8-17H,3-4,7,18H2,1-2H3,(H,29,34). The Morgan fingerprint density at radius 1 is 1.00 bits per heavy atom. The highest BCUT2D eigenvalue weighted by molar-refractivity contribution is 5.90. The van der Waals surface area contributed by atoms with Crippen LogP contribution in [0.1, 0.15) is 30.9 Å². The Labute approximate surface area is 208 Å². The van der Waals surface area contributed by atoms with E-state index in [0.717, 1.165) is 29.5 Å². The SMILES string of the molecule is CCCCc1ccc(NC(=O)Cn2nc3c(Oc4ccc(C)cc4)nc4ccccc4n3c2=O)cc1. The molecule has 0 saturated heterocycles. The summed E-state index contributed by atoms with van der Waals surface area (Å²) < 4.78 is 8.58. The number of unbranched alkanes of at least 4 members (excludes halogenated alkanes) is 1. The molecule has 1 N–H and O–H groups in total. The van der Waals surface area contributed by atoms with Gasteiger partial charge in [0.15, 0.2) is 0 Å². The van der Waals surface area contributed by atoms with Crippen molar-refractivity contribution in [3.8, 4) is 11.6 Å². The first-order valence-electron chi connectivity index (χ1n) is 12.0. The van der Waals surface area contributed by atoms with E-state index in [0.29, 0.717) is 22.5 Å².